The van der Waals surface area contributed by atoms with Crippen LogP contribution in [0.5, 0.6) is 0 Å². The Balaban J connectivity index is 1.46. The van der Waals surface area contributed by atoms with Crippen LogP contribution in [-0.2, 0) is 17.6 Å². The maximum absolute atomic E-state index is 13.6. The van der Waals surface area contributed by atoms with Crippen molar-refractivity contribution in [1.29, 1.82) is 0 Å². The van der Waals surface area contributed by atoms with Crippen molar-refractivity contribution in [1.82, 2.24) is 0 Å². The van der Waals surface area contributed by atoms with E-state index in [4.69, 9.17) is 16.6 Å². The summed E-state index contributed by atoms with van der Waals surface area (Å²) in [6.07, 6.45) is 4.42. The van der Waals surface area contributed by atoms with Gasteiger partial charge in [0.05, 0.1) is 17.0 Å². The number of hydrazone groups is 1. The predicted octanol–water partition coefficient (Wildman–Crippen LogP) is 7.55. The highest BCUT2D eigenvalue weighted by molar-refractivity contribution is 7.16. The van der Waals surface area contributed by atoms with Crippen LogP contribution in [0.25, 0.3) is 0 Å². The van der Waals surface area contributed by atoms with Crippen molar-refractivity contribution < 1.29 is 9.59 Å². The van der Waals surface area contributed by atoms with Gasteiger partial charge in [-0.1, -0.05) is 50.6 Å². The van der Waals surface area contributed by atoms with Gasteiger partial charge in [-0.2, -0.15) is 10.1 Å². The van der Waals surface area contributed by atoms with Crippen molar-refractivity contribution >= 4 is 63.1 Å². The summed E-state index contributed by atoms with van der Waals surface area (Å²) in [5.74, 6) is -0.398. The molecule has 0 bridgehead atoms. The minimum atomic E-state index is -0.580. The Kier molecular flexibility index (Phi) is 7.25. The lowest BCUT2D eigenvalue weighted by Gasteiger charge is -2.33. The van der Waals surface area contributed by atoms with Crippen molar-refractivity contribution in [2.75, 3.05) is 10.3 Å². The molecule has 0 unspecified atom stereocenters. The second-order valence-corrected chi connectivity index (χ2v) is 12.5. The molecule has 38 heavy (non-hydrogen) atoms. The number of carbonyl (C=O) groups excluding carboxylic acids is 2. The van der Waals surface area contributed by atoms with Crippen molar-refractivity contribution in [3.05, 3.63) is 75.6 Å². The lowest BCUT2D eigenvalue weighted by molar-refractivity contribution is -0.118. The molecule has 0 saturated heterocycles. The number of amides is 2. The zero-order valence-corrected chi connectivity index (χ0v) is 23.6. The number of benzene rings is 2. The van der Waals surface area contributed by atoms with Crippen LogP contribution in [0.1, 0.15) is 54.9 Å². The van der Waals surface area contributed by atoms with Gasteiger partial charge in [0.2, 0.25) is 0 Å². The highest BCUT2D eigenvalue weighted by atomic mass is 35.5. The van der Waals surface area contributed by atoms with Gasteiger partial charge < -0.3 is 5.32 Å². The van der Waals surface area contributed by atoms with E-state index in [9.17, 15) is 9.59 Å². The summed E-state index contributed by atoms with van der Waals surface area (Å²) < 4.78 is 0. The zero-order chi connectivity index (χ0) is 27.0. The molecule has 6 nitrogen and oxygen atoms in total. The number of hydrogen-bond acceptors (Lipinski definition) is 5. The number of hydrogen-bond donors (Lipinski definition) is 1. The molecule has 0 saturated carbocycles. The molecule has 3 aromatic rings. The Labute approximate surface area is 232 Å². The summed E-state index contributed by atoms with van der Waals surface area (Å²) in [7, 11) is 0. The largest absolute Gasteiger partial charge is 0.322 e. The van der Waals surface area contributed by atoms with Crippen LogP contribution < -0.4 is 10.3 Å². The molecule has 1 N–H and O–H groups in total. The fourth-order valence-corrected chi connectivity index (χ4v) is 6.41. The fourth-order valence-electron chi connectivity index (χ4n) is 5.01. The fraction of sp³-hybridized carbons (Fsp3) is 0.333. The first-order valence-electron chi connectivity index (χ1n) is 12.8. The smallest absolute Gasteiger partial charge is 0.261 e. The number of nitrogens with zero attached hydrogens (tertiary/aromatic N) is 3. The summed E-state index contributed by atoms with van der Waals surface area (Å²) in [5.41, 5.74) is 3.91. The van der Waals surface area contributed by atoms with Crippen LogP contribution >= 0.6 is 22.9 Å². The van der Waals surface area contributed by atoms with E-state index in [1.54, 1.807) is 41.8 Å². The van der Waals surface area contributed by atoms with E-state index >= 15 is 0 Å². The topological polar surface area (TPSA) is 74.1 Å². The number of para-hydroxylation sites is 1. The van der Waals surface area contributed by atoms with Crippen molar-refractivity contribution in [3.8, 4) is 0 Å². The third-order valence-corrected chi connectivity index (χ3v) is 8.74. The van der Waals surface area contributed by atoms with Gasteiger partial charge in [0, 0.05) is 21.8 Å². The molecule has 8 heteroatoms. The minimum absolute atomic E-state index is 0.154. The molecular weight excluding hydrogens is 516 g/mol. The molecule has 0 fully saturated rings. The Bertz CT molecular complexity index is 1420. The minimum Gasteiger partial charge on any atom is -0.322 e. The summed E-state index contributed by atoms with van der Waals surface area (Å²) in [6, 6.07) is 16.4. The van der Waals surface area contributed by atoms with Gasteiger partial charge in [0.15, 0.2) is 0 Å². The van der Waals surface area contributed by atoms with Crippen molar-refractivity contribution in [2.45, 2.75) is 47.0 Å². The maximum atomic E-state index is 13.6. The summed E-state index contributed by atoms with van der Waals surface area (Å²) in [4.78, 5) is 32.8. The molecule has 0 radical (unpaired) electrons. The second kappa shape index (κ2) is 10.5. The summed E-state index contributed by atoms with van der Waals surface area (Å²) in [5, 5.41) is 10.2. The van der Waals surface area contributed by atoms with E-state index in [-0.39, 0.29) is 17.2 Å². The molecule has 5 rings (SSSR count). The highest BCUT2D eigenvalue weighted by Gasteiger charge is 2.35. The number of anilines is 2. The molecule has 196 valence electrons. The van der Waals surface area contributed by atoms with Crippen LogP contribution in [0.2, 0.25) is 5.02 Å². The number of fused-ring (bicyclic) bond motifs is 1. The van der Waals surface area contributed by atoms with Crippen LogP contribution in [0.3, 0.4) is 0 Å². The van der Waals surface area contributed by atoms with Crippen molar-refractivity contribution in [2.24, 2.45) is 27.3 Å². The van der Waals surface area contributed by atoms with Crippen molar-refractivity contribution in [3.63, 3.8) is 0 Å². The van der Waals surface area contributed by atoms with E-state index in [2.05, 4.69) is 31.2 Å². The Morgan fingerprint density at radius 1 is 1.16 bits per heavy atom. The van der Waals surface area contributed by atoms with E-state index < -0.39 is 5.92 Å². The molecule has 1 aliphatic heterocycles. The first kappa shape index (κ1) is 26.3. The third kappa shape index (κ3) is 5.31. The van der Waals surface area contributed by atoms with E-state index in [1.807, 2.05) is 37.3 Å². The first-order valence-corrected chi connectivity index (χ1v) is 14.0. The van der Waals surface area contributed by atoms with Gasteiger partial charge in [-0.05, 0) is 79.5 Å². The Hall–Kier alpha value is -3.29. The Morgan fingerprint density at radius 2 is 1.87 bits per heavy atom. The average Bonchev–Trinajstić information content (AvgIpc) is 3.39. The number of aliphatic imine (C=N–C) groups is 1. The van der Waals surface area contributed by atoms with Crippen LogP contribution in [0.15, 0.2) is 64.7 Å². The van der Waals surface area contributed by atoms with E-state index in [0.717, 1.165) is 30.5 Å². The molecule has 2 heterocycles. The summed E-state index contributed by atoms with van der Waals surface area (Å²) >= 11 is 7.59. The molecule has 2 aromatic carbocycles. The predicted molar refractivity (Wildman–Crippen MR) is 157 cm³/mol. The number of nitrogens with one attached hydrogen (secondary N) is 1. The standard InChI is InChI=1S/C30H31ClN4O2S/c1-18-24(29(37)35(34-18)22-8-6-5-7-9-22)17-32-28-26(27(36)33-21-13-11-20(31)12-14-21)23-15-10-19(30(2,3)4)16-25(23)38-28/h5-9,11-14,17,19,24H,10,15-16H2,1-4H3,(H,33,36)/t19-,24+/m0/s1. The number of thiophene rings is 1. The first-order chi connectivity index (χ1) is 18.1. The average molecular weight is 547 g/mol. The third-order valence-electron chi connectivity index (χ3n) is 7.32. The van der Waals surface area contributed by atoms with E-state index in [0.29, 0.717) is 32.9 Å². The molecule has 2 aliphatic rings. The molecule has 2 atom stereocenters. The quantitative estimate of drug-likeness (QED) is 0.335. The lowest BCUT2D eigenvalue weighted by atomic mass is 9.72. The number of rotatable bonds is 5. The normalized spacial score (nSPS) is 19.6. The Morgan fingerprint density at radius 3 is 2.55 bits per heavy atom. The van der Waals surface area contributed by atoms with Crippen LogP contribution in [-0.4, -0.2) is 23.7 Å². The van der Waals surface area contributed by atoms with Crippen LogP contribution in [0.4, 0.5) is 16.4 Å². The van der Waals surface area contributed by atoms with Crippen LogP contribution in [0, 0.1) is 17.3 Å². The molecule has 1 aliphatic carbocycles. The maximum Gasteiger partial charge on any atom is 0.261 e. The molecular formula is C30H31ClN4O2S. The summed E-state index contributed by atoms with van der Waals surface area (Å²) in [6.45, 7) is 8.65. The SMILES string of the molecule is CC1=NN(c2ccccc2)C(=O)[C@@H]1C=Nc1sc2c(c1C(=O)Nc1ccc(Cl)cc1)CC[C@H](C(C)(C)C)C2. The van der Waals surface area contributed by atoms with Gasteiger partial charge in [0.1, 0.15) is 10.9 Å². The molecule has 2 amide bonds. The molecule has 1 aromatic heterocycles. The number of carbonyl (C=O) groups is 2. The second-order valence-electron chi connectivity index (χ2n) is 10.9. The highest BCUT2D eigenvalue weighted by Crippen LogP contribution is 2.45. The van der Waals surface area contributed by atoms with Gasteiger partial charge in [-0.15, -0.1) is 11.3 Å². The van der Waals surface area contributed by atoms with Gasteiger partial charge in [-0.3, -0.25) is 9.59 Å². The van der Waals surface area contributed by atoms with E-state index in [1.165, 1.54) is 9.89 Å². The van der Waals surface area contributed by atoms with Gasteiger partial charge in [0.25, 0.3) is 11.8 Å². The lowest BCUT2D eigenvalue weighted by Crippen LogP contribution is -2.27. The molecule has 0 spiro atoms. The number of halogens is 1. The van der Waals surface area contributed by atoms with Gasteiger partial charge in [-0.25, -0.2) is 4.99 Å². The zero-order valence-electron chi connectivity index (χ0n) is 22.0. The van der Waals surface area contributed by atoms with Gasteiger partial charge >= 0.3 is 0 Å². The monoisotopic (exact) mass is 546 g/mol.